The second kappa shape index (κ2) is 5.90. The molecular formula is C12H18N4. The molecule has 0 aliphatic carbocycles. The van der Waals surface area contributed by atoms with Crippen molar-refractivity contribution >= 4 is 24.1 Å². The highest BCUT2D eigenvalue weighted by Gasteiger charge is 1.99. The van der Waals surface area contributed by atoms with Crippen LogP contribution in [0.25, 0.3) is 0 Å². The highest BCUT2D eigenvalue weighted by Crippen LogP contribution is 2.17. The molecule has 0 radical (unpaired) electrons. The maximum Gasteiger partial charge on any atom is 0.0888 e. The number of hydrogen-bond donors (Lipinski definition) is 0. The Hall–Kier alpha value is -1.84. The van der Waals surface area contributed by atoms with Gasteiger partial charge in [0.05, 0.1) is 12.7 Å². The van der Waals surface area contributed by atoms with E-state index in [1.807, 2.05) is 23.9 Å². The van der Waals surface area contributed by atoms with E-state index in [1.54, 1.807) is 26.8 Å². The SMILES string of the molecule is CN=CN(C)c1ccc(N(C)C=NC)cc1. The predicted octanol–water partition coefficient (Wildman–Crippen LogP) is 1.88. The molecule has 0 aliphatic rings. The number of hydrogen-bond acceptors (Lipinski definition) is 2. The van der Waals surface area contributed by atoms with Crippen LogP contribution < -0.4 is 9.80 Å². The van der Waals surface area contributed by atoms with Crippen LogP contribution >= 0.6 is 0 Å². The van der Waals surface area contributed by atoms with Crippen LogP contribution in [0.4, 0.5) is 11.4 Å². The number of nitrogens with zero attached hydrogens (tertiary/aromatic N) is 4. The van der Waals surface area contributed by atoms with Crippen molar-refractivity contribution in [2.24, 2.45) is 9.98 Å². The van der Waals surface area contributed by atoms with Gasteiger partial charge in [-0.15, -0.1) is 0 Å². The van der Waals surface area contributed by atoms with E-state index in [1.165, 1.54) is 0 Å². The van der Waals surface area contributed by atoms with Crippen LogP contribution in [0.3, 0.4) is 0 Å². The Balaban J connectivity index is 2.82. The maximum absolute atomic E-state index is 3.97. The fraction of sp³-hybridized carbons (Fsp3) is 0.333. The molecule has 0 amide bonds. The number of aliphatic imine (C=N–C) groups is 2. The Morgan fingerprint density at radius 3 is 1.38 bits per heavy atom. The zero-order chi connectivity index (χ0) is 12.0. The van der Waals surface area contributed by atoms with Crippen LogP contribution in [-0.2, 0) is 0 Å². The fourth-order valence-corrected chi connectivity index (χ4v) is 1.40. The average Bonchev–Trinajstić information content (AvgIpc) is 2.30. The standard InChI is InChI=1S/C12H18N4/c1-13-9-15(3)11-5-7-12(8-6-11)16(4)10-14-2/h5-10H,1-4H3. The predicted molar refractivity (Wildman–Crippen MR) is 72.1 cm³/mol. The van der Waals surface area contributed by atoms with E-state index in [4.69, 9.17) is 0 Å². The lowest BCUT2D eigenvalue weighted by atomic mass is 10.2. The number of benzene rings is 1. The van der Waals surface area contributed by atoms with Crippen LogP contribution in [0.15, 0.2) is 34.3 Å². The first-order valence-electron chi connectivity index (χ1n) is 5.09. The minimum absolute atomic E-state index is 1.11. The summed E-state index contributed by atoms with van der Waals surface area (Å²) in [6, 6.07) is 8.21. The first kappa shape index (κ1) is 12.2. The monoisotopic (exact) mass is 218 g/mol. The van der Waals surface area contributed by atoms with Gasteiger partial charge in [0.25, 0.3) is 0 Å². The number of anilines is 2. The second-order valence-corrected chi connectivity index (χ2v) is 3.49. The van der Waals surface area contributed by atoms with Gasteiger partial charge in [-0.3, -0.25) is 9.98 Å². The molecule has 0 unspecified atom stereocenters. The summed E-state index contributed by atoms with van der Waals surface area (Å²) >= 11 is 0. The fourth-order valence-electron chi connectivity index (χ4n) is 1.40. The molecular weight excluding hydrogens is 200 g/mol. The van der Waals surface area contributed by atoms with E-state index < -0.39 is 0 Å². The van der Waals surface area contributed by atoms with Crippen LogP contribution in [0.1, 0.15) is 0 Å². The normalized spacial score (nSPS) is 11.2. The van der Waals surface area contributed by atoms with Crippen molar-refractivity contribution in [2.45, 2.75) is 0 Å². The summed E-state index contributed by atoms with van der Waals surface area (Å²) in [5.74, 6) is 0. The largest absolute Gasteiger partial charge is 0.336 e. The average molecular weight is 218 g/mol. The maximum atomic E-state index is 3.97. The van der Waals surface area contributed by atoms with Gasteiger partial charge in [0.15, 0.2) is 0 Å². The highest BCUT2D eigenvalue weighted by molar-refractivity contribution is 5.81. The molecule has 0 bridgehead atoms. The van der Waals surface area contributed by atoms with Gasteiger partial charge in [0.1, 0.15) is 0 Å². The molecule has 0 fully saturated rings. The molecule has 16 heavy (non-hydrogen) atoms. The van der Waals surface area contributed by atoms with Gasteiger partial charge >= 0.3 is 0 Å². The Bertz CT molecular complexity index is 330. The summed E-state index contributed by atoms with van der Waals surface area (Å²) < 4.78 is 0. The zero-order valence-electron chi connectivity index (χ0n) is 10.3. The summed E-state index contributed by atoms with van der Waals surface area (Å²) in [5, 5.41) is 0. The van der Waals surface area contributed by atoms with Crippen molar-refractivity contribution < 1.29 is 0 Å². The summed E-state index contributed by atoms with van der Waals surface area (Å²) in [4.78, 5) is 11.9. The molecule has 86 valence electrons. The van der Waals surface area contributed by atoms with E-state index >= 15 is 0 Å². The Morgan fingerprint density at radius 2 is 1.12 bits per heavy atom. The van der Waals surface area contributed by atoms with Gasteiger partial charge in [0, 0.05) is 39.6 Å². The molecule has 0 aromatic heterocycles. The van der Waals surface area contributed by atoms with Crippen LogP contribution in [0, 0.1) is 0 Å². The second-order valence-electron chi connectivity index (χ2n) is 3.49. The van der Waals surface area contributed by atoms with Crippen molar-refractivity contribution in [3.05, 3.63) is 24.3 Å². The zero-order valence-corrected chi connectivity index (χ0v) is 10.3. The first-order chi connectivity index (χ1) is 7.69. The van der Waals surface area contributed by atoms with E-state index in [0.717, 1.165) is 11.4 Å². The molecule has 4 heteroatoms. The Labute approximate surface area is 96.9 Å². The Morgan fingerprint density at radius 1 is 0.812 bits per heavy atom. The van der Waals surface area contributed by atoms with Crippen molar-refractivity contribution in [3.63, 3.8) is 0 Å². The molecule has 0 aliphatic heterocycles. The van der Waals surface area contributed by atoms with Gasteiger partial charge in [-0.1, -0.05) is 0 Å². The summed E-state index contributed by atoms with van der Waals surface area (Å²) in [6.07, 6.45) is 3.57. The van der Waals surface area contributed by atoms with Gasteiger partial charge in [0.2, 0.25) is 0 Å². The van der Waals surface area contributed by atoms with Crippen molar-refractivity contribution in [2.75, 3.05) is 38.0 Å². The van der Waals surface area contributed by atoms with Crippen LogP contribution in [0.5, 0.6) is 0 Å². The Kier molecular flexibility index (Phi) is 4.51. The smallest absolute Gasteiger partial charge is 0.0888 e. The lowest BCUT2D eigenvalue weighted by Crippen LogP contribution is -2.16. The number of rotatable bonds is 4. The molecule has 0 spiro atoms. The summed E-state index contributed by atoms with van der Waals surface area (Å²) in [7, 11) is 7.46. The molecule has 1 aromatic rings. The first-order valence-corrected chi connectivity index (χ1v) is 5.09. The lowest BCUT2D eigenvalue weighted by molar-refractivity contribution is 1.24. The molecule has 4 nitrogen and oxygen atoms in total. The van der Waals surface area contributed by atoms with Gasteiger partial charge in [-0.2, -0.15) is 0 Å². The van der Waals surface area contributed by atoms with Gasteiger partial charge in [-0.25, -0.2) is 0 Å². The van der Waals surface area contributed by atoms with Crippen molar-refractivity contribution in [1.82, 2.24) is 0 Å². The van der Waals surface area contributed by atoms with Crippen molar-refractivity contribution in [1.29, 1.82) is 0 Å². The van der Waals surface area contributed by atoms with Crippen LogP contribution in [0.2, 0.25) is 0 Å². The minimum Gasteiger partial charge on any atom is -0.336 e. The molecule has 1 aromatic carbocycles. The molecule has 0 saturated heterocycles. The molecule has 0 N–H and O–H groups in total. The van der Waals surface area contributed by atoms with E-state index in [-0.39, 0.29) is 0 Å². The highest BCUT2D eigenvalue weighted by atomic mass is 15.1. The third-order valence-corrected chi connectivity index (χ3v) is 2.24. The van der Waals surface area contributed by atoms with E-state index in [9.17, 15) is 0 Å². The van der Waals surface area contributed by atoms with Gasteiger partial charge in [-0.05, 0) is 24.3 Å². The topological polar surface area (TPSA) is 31.2 Å². The summed E-state index contributed by atoms with van der Waals surface area (Å²) in [5.41, 5.74) is 2.22. The van der Waals surface area contributed by atoms with E-state index in [0.29, 0.717) is 0 Å². The quantitative estimate of drug-likeness (QED) is 0.570. The third-order valence-electron chi connectivity index (χ3n) is 2.24. The third kappa shape index (κ3) is 3.08. The molecule has 0 saturated carbocycles. The van der Waals surface area contributed by atoms with Gasteiger partial charge < -0.3 is 9.80 Å². The molecule has 0 atom stereocenters. The van der Waals surface area contributed by atoms with E-state index in [2.05, 4.69) is 34.3 Å². The van der Waals surface area contributed by atoms with Crippen LogP contribution in [-0.4, -0.2) is 40.9 Å². The summed E-state index contributed by atoms with van der Waals surface area (Å²) in [6.45, 7) is 0. The lowest BCUT2D eigenvalue weighted by Gasteiger charge is -2.16. The minimum atomic E-state index is 1.11. The van der Waals surface area contributed by atoms with Crippen molar-refractivity contribution in [3.8, 4) is 0 Å². The molecule has 0 heterocycles. The molecule has 1 rings (SSSR count).